The number of nitrogens with two attached hydrogens (primary N) is 1. The molecule has 0 fully saturated rings. The lowest BCUT2D eigenvalue weighted by molar-refractivity contribution is 0.364. The van der Waals surface area contributed by atoms with Crippen molar-refractivity contribution in [2.45, 2.75) is 6.92 Å². The molecule has 0 bridgehead atoms. The van der Waals surface area contributed by atoms with Crippen molar-refractivity contribution < 1.29 is 4.74 Å². The zero-order chi connectivity index (χ0) is 8.81. The van der Waals surface area contributed by atoms with E-state index in [0.29, 0.717) is 18.0 Å². The Morgan fingerprint density at radius 3 is 3.17 bits per heavy atom. The van der Waals surface area contributed by atoms with Gasteiger partial charge in [0, 0.05) is 12.3 Å². The molecule has 0 saturated carbocycles. The Bertz CT molecular complexity index is 271. The fourth-order valence-corrected chi connectivity index (χ4v) is 0.759. The summed E-state index contributed by atoms with van der Waals surface area (Å²) in [5, 5.41) is 0. The number of hydrogen-bond donors (Lipinski definition) is 1. The van der Waals surface area contributed by atoms with Crippen LogP contribution in [0.3, 0.4) is 0 Å². The van der Waals surface area contributed by atoms with Crippen molar-refractivity contribution in [3.05, 3.63) is 30.6 Å². The van der Waals surface area contributed by atoms with Gasteiger partial charge in [-0.25, -0.2) is 0 Å². The minimum Gasteiger partial charge on any atom is -0.487 e. The van der Waals surface area contributed by atoms with Gasteiger partial charge in [0.2, 0.25) is 0 Å². The molecule has 0 saturated heterocycles. The Balaban J connectivity index is 2.57. The van der Waals surface area contributed by atoms with Crippen LogP contribution in [-0.4, -0.2) is 11.6 Å². The van der Waals surface area contributed by atoms with Crippen molar-refractivity contribution in [3.8, 4) is 5.75 Å². The minimum absolute atomic E-state index is 0.546. The number of nitrogen functional groups attached to an aromatic ring is 1. The third-order valence-electron chi connectivity index (χ3n) is 1.38. The summed E-state index contributed by atoms with van der Waals surface area (Å²) in [4.78, 5) is 3.85. The number of anilines is 1. The van der Waals surface area contributed by atoms with Gasteiger partial charge in [-0.1, -0.05) is 12.2 Å². The van der Waals surface area contributed by atoms with Crippen LogP contribution in [0.2, 0.25) is 0 Å². The largest absolute Gasteiger partial charge is 0.487 e. The molecular weight excluding hydrogens is 152 g/mol. The van der Waals surface area contributed by atoms with Gasteiger partial charge in [0.1, 0.15) is 12.4 Å². The molecule has 0 radical (unpaired) electrons. The second-order valence-corrected chi connectivity index (χ2v) is 2.29. The highest BCUT2D eigenvalue weighted by molar-refractivity contribution is 5.49. The van der Waals surface area contributed by atoms with Crippen LogP contribution in [-0.2, 0) is 0 Å². The number of hydrogen-bond acceptors (Lipinski definition) is 3. The highest BCUT2D eigenvalue weighted by atomic mass is 16.5. The summed E-state index contributed by atoms with van der Waals surface area (Å²) in [6.45, 7) is 2.49. The molecule has 0 atom stereocenters. The lowest BCUT2D eigenvalue weighted by Crippen LogP contribution is -1.97. The molecule has 0 aliphatic carbocycles. The van der Waals surface area contributed by atoms with Gasteiger partial charge in [0.05, 0.1) is 11.9 Å². The average Bonchev–Trinajstić information content (AvgIpc) is 2.09. The van der Waals surface area contributed by atoms with Crippen LogP contribution in [0.25, 0.3) is 0 Å². The SMILES string of the molecule is C/C=C/COc1ccncc1N. The molecule has 0 aliphatic heterocycles. The third-order valence-corrected chi connectivity index (χ3v) is 1.38. The highest BCUT2D eigenvalue weighted by Gasteiger charge is 1.95. The molecular formula is C9H12N2O. The fourth-order valence-electron chi connectivity index (χ4n) is 0.759. The van der Waals surface area contributed by atoms with Crippen molar-refractivity contribution in [3.63, 3.8) is 0 Å². The van der Waals surface area contributed by atoms with Crippen molar-refractivity contribution >= 4 is 5.69 Å². The third kappa shape index (κ3) is 2.27. The summed E-state index contributed by atoms with van der Waals surface area (Å²) < 4.78 is 5.33. The zero-order valence-electron chi connectivity index (χ0n) is 7.03. The highest BCUT2D eigenvalue weighted by Crippen LogP contribution is 2.17. The lowest BCUT2D eigenvalue weighted by Gasteiger charge is -2.04. The smallest absolute Gasteiger partial charge is 0.145 e. The standard InChI is InChI=1S/C9H12N2O/c1-2-3-6-12-9-4-5-11-7-8(9)10/h2-5,7H,6,10H2,1H3/b3-2+. The molecule has 0 unspecified atom stereocenters. The molecule has 0 aliphatic rings. The van der Waals surface area contributed by atoms with Gasteiger partial charge in [-0.15, -0.1) is 0 Å². The van der Waals surface area contributed by atoms with E-state index in [9.17, 15) is 0 Å². The number of pyridine rings is 1. The Labute approximate surface area is 71.9 Å². The summed E-state index contributed by atoms with van der Waals surface area (Å²) in [6.07, 6.45) is 7.07. The van der Waals surface area contributed by atoms with E-state index in [2.05, 4.69) is 4.98 Å². The molecule has 12 heavy (non-hydrogen) atoms. The van der Waals surface area contributed by atoms with Crippen molar-refractivity contribution in [1.29, 1.82) is 0 Å². The monoisotopic (exact) mass is 164 g/mol. The summed E-state index contributed by atoms with van der Waals surface area (Å²) in [6, 6.07) is 1.75. The van der Waals surface area contributed by atoms with Gasteiger partial charge < -0.3 is 10.5 Å². The lowest BCUT2D eigenvalue weighted by atomic mass is 10.4. The van der Waals surface area contributed by atoms with Crippen LogP contribution in [0.4, 0.5) is 5.69 Å². The first-order valence-corrected chi connectivity index (χ1v) is 3.78. The molecule has 1 aromatic rings. The molecule has 0 spiro atoms. The second-order valence-electron chi connectivity index (χ2n) is 2.29. The summed E-state index contributed by atoms with van der Waals surface area (Å²) >= 11 is 0. The van der Waals surface area contributed by atoms with Crippen LogP contribution < -0.4 is 10.5 Å². The van der Waals surface area contributed by atoms with Gasteiger partial charge in [-0.2, -0.15) is 0 Å². The van der Waals surface area contributed by atoms with Gasteiger partial charge in [0.25, 0.3) is 0 Å². The van der Waals surface area contributed by atoms with Gasteiger partial charge >= 0.3 is 0 Å². The van der Waals surface area contributed by atoms with E-state index >= 15 is 0 Å². The van der Waals surface area contributed by atoms with Crippen LogP contribution >= 0.6 is 0 Å². The Morgan fingerprint density at radius 1 is 1.67 bits per heavy atom. The molecule has 1 rings (SSSR count). The van der Waals surface area contributed by atoms with Gasteiger partial charge in [0.15, 0.2) is 0 Å². The average molecular weight is 164 g/mol. The first kappa shape index (κ1) is 8.59. The van der Waals surface area contributed by atoms with Crippen molar-refractivity contribution in [2.24, 2.45) is 0 Å². The predicted octanol–water partition coefficient (Wildman–Crippen LogP) is 1.62. The Kier molecular flexibility index (Phi) is 3.14. The van der Waals surface area contributed by atoms with Crippen molar-refractivity contribution in [2.75, 3.05) is 12.3 Å². The fraction of sp³-hybridized carbons (Fsp3) is 0.222. The number of aromatic nitrogens is 1. The van der Waals surface area contributed by atoms with E-state index < -0.39 is 0 Å². The van der Waals surface area contributed by atoms with Crippen LogP contribution in [0.15, 0.2) is 30.6 Å². The molecule has 1 heterocycles. The van der Waals surface area contributed by atoms with E-state index in [-0.39, 0.29) is 0 Å². The Hall–Kier alpha value is -1.51. The first-order valence-electron chi connectivity index (χ1n) is 3.78. The number of ether oxygens (including phenoxy) is 1. The first-order chi connectivity index (χ1) is 5.84. The normalized spacial score (nSPS) is 10.4. The quantitative estimate of drug-likeness (QED) is 0.690. The van der Waals surface area contributed by atoms with E-state index in [1.165, 1.54) is 0 Å². The molecule has 64 valence electrons. The molecule has 1 aromatic heterocycles. The number of nitrogens with zero attached hydrogens (tertiary/aromatic N) is 1. The molecule has 0 amide bonds. The summed E-state index contributed by atoms with van der Waals surface area (Å²) in [5.74, 6) is 0.683. The number of rotatable bonds is 3. The second kappa shape index (κ2) is 4.38. The van der Waals surface area contributed by atoms with Crippen LogP contribution in [0, 0.1) is 0 Å². The van der Waals surface area contributed by atoms with E-state index in [4.69, 9.17) is 10.5 Å². The summed E-state index contributed by atoms with van der Waals surface area (Å²) in [7, 11) is 0. The maximum atomic E-state index is 5.59. The van der Waals surface area contributed by atoms with Crippen LogP contribution in [0.5, 0.6) is 5.75 Å². The van der Waals surface area contributed by atoms with Gasteiger partial charge in [-0.05, 0) is 6.92 Å². The molecule has 0 aromatic carbocycles. The molecule has 3 nitrogen and oxygen atoms in total. The maximum absolute atomic E-state index is 5.59. The van der Waals surface area contributed by atoms with Crippen molar-refractivity contribution in [1.82, 2.24) is 4.98 Å². The number of allylic oxidation sites excluding steroid dienone is 1. The molecule has 3 heteroatoms. The topological polar surface area (TPSA) is 48.1 Å². The predicted molar refractivity (Wildman–Crippen MR) is 49.0 cm³/mol. The maximum Gasteiger partial charge on any atom is 0.145 e. The minimum atomic E-state index is 0.546. The van der Waals surface area contributed by atoms with E-state index in [1.807, 2.05) is 19.1 Å². The zero-order valence-corrected chi connectivity index (χ0v) is 7.03. The van der Waals surface area contributed by atoms with Gasteiger partial charge in [-0.3, -0.25) is 4.98 Å². The van der Waals surface area contributed by atoms with E-state index in [0.717, 1.165) is 0 Å². The van der Waals surface area contributed by atoms with Crippen LogP contribution in [0.1, 0.15) is 6.92 Å². The summed E-state index contributed by atoms with van der Waals surface area (Å²) in [5.41, 5.74) is 6.16. The molecule has 2 N–H and O–H groups in total. The van der Waals surface area contributed by atoms with E-state index in [1.54, 1.807) is 18.5 Å². The Morgan fingerprint density at radius 2 is 2.50 bits per heavy atom.